The molecule has 7 nitrogen and oxygen atoms in total. The van der Waals surface area contributed by atoms with Crippen LogP contribution in [0.25, 0.3) is 5.76 Å². The lowest BCUT2D eigenvalue weighted by atomic mass is 9.98. The highest BCUT2D eigenvalue weighted by molar-refractivity contribution is 6.51. The van der Waals surface area contributed by atoms with Crippen molar-refractivity contribution in [2.45, 2.75) is 19.9 Å². The number of carbonyl (C=O) groups is 2. The number of aliphatic hydroxyl groups is 1. The number of anilines is 1. The van der Waals surface area contributed by atoms with Gasteiger partial charge in [-0.25, -0.2) is 0 Å². The molecule has 1 saturated heterocycles. The van der Waals surface area contributed by atoms with Gasteiger partial charge in [-0.3, -0.25) is 14.5 Å². The Morgan fingerprint density at radius 3 is 2.41 bits per heavy atom. The predicted molar refractivity (Wildman–Crippen MR) is 119 cm³/mol. The van der Waals surface area contributed by atoms with Crippen LogP contribution in [0, 0.1) is 13.8 Å². The van der Waals surface area contributed by atoms with Gasteiger partial charge in [-0.2, -0.15) is 0 Å². The molecule has 1 amide bonds. The van der Waals surface area contributed by atoms with Gasteiger partial charge in [-0.15, -0.1) is 0 Å². The molecule has 1 fully saturated rings. The Balaban J connectivity index is 1.98. The number of ketones is 1. The minimum absolute atomic E-state index is 0.0857. The van der Waals surface area contributed by atoms with Crippen molar-refractivity contribution in [1.82, 2.24) is 0 Å². The van der Waals surface area contributed by atoms with Gasteiger partial charge in [0, 0.05) is 5.69 Å². The molecule has 1 aliphatic heterocycles. The van der Waals surface area contributed by atoms with Gasteiger partial charge < -0.3 is 19.0 Å². The Morgan fingerprint density at radius 2 is 1.78 bits per heavy atom. The van der Waals surface area contributed by atoms with Crippen molar-refractivity contribution < 1.29 is 28.6 Å². The molecule has 1 N–H and O–H groups in total. The van der Waals surface area contributed by atoms with Gasteiger partial charge in [0.25, 0.3) is 11.7 Å². The van der Waals surface area contributed by atoms with E-state index in [1.165, 1.54) is 19.1 Å². The molecule has 32 heavy (non-hydrogen) atoms. The van der Waals surface area contributed by atoms with Crippen molar-refractivity contribution in [3.8, 4) is 11.5 Å². The summed E-state index contributed by atoms with van der Waals surface area (Å²) in [4.78, 5) is 27.7. The number of amides is 1. The standard InChI is InChI=1S/C25H23NO6/c1-14-6-5-7-16(12-14)26-22(20-10-8-15(2)32-20)21(24(28)25(26)29)23(27)18-13-17(30-3)9-11-19(18)31-4/h5-13,22,27H,1-4H3/b23-21+. The minimum Gasteiger partial charge on any atom is -0.507 e. The van der Waals surface area contributed by atoms with Gasteiger partial charge in [0.05, 0.1) is 25.4 Å². The molecule has 0 bridgehead atoms. The predicted octanol–water partition coefficient (Wildman–Crippen LogP) is 4.54. The first-order chi connectivity index (χ1) is 15.3. The van der Waals surface area contributed by atoms with Crippen molar-refractivity contribution in [3.05, 3.63) is 82.8 Å². The third-order valence-corrected chi connectivity index (χ3v) is 5.42. The zero-order valence-electron chi connectivity index (χ0n) is 18.2. The molecule has 3 aromatic rings. The van der Waals surface area contributed by atoms with Gasteiger partial charge in [0.2, 0.25) is 0 Å². The van der Waals surface area contributed by atoms with Crippen LogP contribution < -0.4 is 14.4 Å². The molecule has 2 aromatic carbocycles. The summed E-state index contributed by atoms with van der Waals surface area (Å²) in [6.45, 7) is 3.67. The molecule has 1 atom stereocenters. The lowest BCUT2D eigenvalue weighted by molar-refractivity contribution is -0.132. The molecule has 1 aliphatic rings. The number of carbonyl (C=O) groups excluding carboxylic acids is 2. The third-order valence-electron chi connectivity index (χ3n) is 5.42. The van der Waals surface area contributed by atoms with Crippen LogP contribution in [0.2, 0.25) is 0 Å². The number of rotatable bonds is 5. The van der Waals surface area contributed by atoms with Crippen LogP contribution in [-0.2, 0) is 9.59 Å². The van der Waals surface area contributed by atoms with E-state index < -0.39 is 17.7 Å². The number of Topliss-reactive ketones (excluding diaryl/α,β-unsaturated/α-hetero) is 1. The molecule has 0 spiro atoms. The fourth-order valence-corrected chi connectivity index (χ4v) is 3.89. The van der Waals surface area contributed by atoms with Crippen molar-refractivity contribution in [1.29, 1.82) is 0 Å². The maximum absolute atomic E-state index is 13.2. The zero-order valence-corrected chi connectivity index (χ0v) is 18.2. The molecule has 0 radical (unpaired) electrons. The first kappa shape index (κ1) is 21.2. The van der Waals surface area contributed by atoms with E-state index in [0.29, 0.717) is 28.7 Å². The van der Waals surface area contributed by atoms with E-state index in [0.717, 1.165) is 5.56 Å². The molecule has 1 aromatic heterocycles. The smallest absolute Gasteiger partial charge is 0.300 e. The van der Waals surface area contributed by atoms with Gasteiger partial charge in [-0.05, 0) is 61.9 Å². The third kappa shape index (κ3) is 3.51. The molecular formula is C25H23NO6. The monoisotopic (exact) mass is 433 g/mol. The van der Waals surface area contributed by atoms with E-state index in [2.05, 4.69) is 0 Å². The second-order valence-electron chi connectivity index (χ2n) is 7.52. The van der Waals surface area contributed by atoms with Crippen LogP contribution in [0.3, 0.4) is 0 Å². The lowest BCUT2D eigenvalue weighted by Gasteiger charge is -2.24. The summed E-state index contributed by atoms with van der Waals surface area (Å²) in [6, 6.07) is 14.6. The second-order valence-corrected chi connectivity index (χ2v) is 7.52. The van der Waals surface area contributed by atoms with Crippen LogP contribution in [0.1, 0.15) is 28.7 Å². The second kappa shape index (κ2) is 8.26. The van der Waals surface area contributed by atoms with Gasteiger partial charge >= 0.3 is 0 Å². The van der Waals surface area contributed by atoms with E-state index in [9.17, 15) is 14.7 Å². The Morgan fingerprint density at radius 1 is 1.00 bits per heavy atom. The maximum atomic E-state index is 13.2. The summed E-state index contributed by atoms with van der Waals surface area (Å²) in [6.07, 6.45) is 0. The fraction of sp³-hybridized carbons (Fsp3) is 0.200. The highest BCUT2D eigenvalue weighted by atomic mass is 16.5. The van der Waals surface area contributed by atoms with E-state index in [-0.39, 0.29) is 16.9 Å². The van der Waals surface area contributed by atoms with Gasteiger partial charge in [0.1, 0.15) is 34.8 Å². The molecule has 2 heterocycles. The van der Waals surface area contributed by atoms with E-state index in [1.807, 2.05) is 13.0 Å². The highest BCUT2D eigenvalue weighted by Crippen LogP contribution is 2.44. The summed E-state index contributed by atoms with van der Waals surface area (Å²) >= 11 is 0. The number of furan rings is 1. The average molecular weight is 433 g/mol. The maximum Gasteiger partial charge on any atom is 0.300 e. The number of ether oxygens (including phenoxy) is 2. The quantitative estimate of drug-likeness (QED) is 0.361. The largest absolute Gasteiger partial charge is 0.507 e. The number of methoxy groups -OCH3 is 2. The lowest BCUT2D eigenvalue weighted by Crippen LogP contribution is -2.29. The summed E-state index contributed by atoms with van der Waals surface area (Å²) in [5.41, 5.74) is 1.61. The van der Waals surface area contributed by atoms with Gasteiger partial charge in [0.15, 0.2) is 0 Å². The van der Waals surface area contributed by atoms with Gasteiger partial charge in [-0.1, -0.05) is 12.1 Å². The summed E-state index contributed by atoms with van der Waals surface area (Å²) in [5, 5.41) is 11.3. The van der Waals surface area contributed by atoms with Crippen molar-refractivity contribution in [3.63, 3.8) is 0 Å². The molecule has 0 saturated carbocycles. The SMILES string of the molecule is COc1ccc(OC)c(/C(O)=C2\C(=O)C(=O)N(c3cccc(C)c3)C2c2ccc(C)o2)c1. The summed E-state index contributed by atoms with van der Waals surface area (Å²) < 4.78 is 16.5. The van der Waals surface area contributed by atoms with E-state index in [4.69, 9.17) is 13.9 Å². The number of nitrogens with zero attached hydrogens (tertiary/aromatic N) is 1. The zero-order chi connectivity index (χ0) is 23.0. The summed E-state index contributed by atoms with van der Waals surface area (Å²) in [7, 11) is 2.95. The highest BCUT2D eigenvalue weighted by Gasteiger charge is 2.48. The Bertz CT molecular complexity index is 1240. The number of hydrogen-bond donors (Lipinski definition) is 1. The molecule has 164 valence electrons. The van der Waals surface area contributed by atoms with Crippen molar-refractivity contribution in [2.24, 2.45) is 0 Å². The van der Waals surface area contributed by atoms with Crippen molar-refractivity contribution in [2.75, 3.05) is 19.1 Å². The van der Waals surface area contributed by atoms with Crippen LogP contribution in [0.15, 0.2) is 64.6 Å². The van der Waals surface area contributed by atoms with Crippen LogP contribution in [0.5, 0.6) is 11.5 Å². The number of benzene rings is 2. The van der Waals surface area contributed by atoms with Crippen LogP contribution in [0.4, 0.5) is 5.69 Å². The number of aryl methyl sites for hydroxylation is 2. The Labute approximate surface area is 185 Å². The molecule has 0 aliphatic carbocycles. The van der Waals surface area contributed by atoms with Crippen LogP contribution >= 0.6 is 0 Å². The first-order valence-electron chi connectivity index (χ1n) is 10.0. The normalized spacial score (nSPS) is 17.6. The number of hydrogen-bond acceptors (Lipinski definition) is 6. The Kier molecular flexibility index (Phi) is 5.48. The van der Waals surface area contributed by atoms with Crippen LogP contribution in [-0.4, -0.2) is 31.0 Å². The van der Waals surface area contributed by atoms with E-state index >= 15 is 0 Å². The fourth-order valence-electron chi connectivity index (χ4n) is 3.89. The summed E-state index contributed by atoms with van der Waals surface area (Å²) in [5.74, 6) is -0.148. The van der Waals surface area contributed by atoms with E-state index in [1.54, 1.807) is 55.5 Å². The Hall–Kier alpha value is -4.00. The van der Waals surface area contributed by atoms with Crippen molar-refractivity contribution >= 4 is 23.1 Å². The topological polar surface area (TPSA) is 89.2 Å². The first-order valence-corrected chi connectivity index (χ1v) is 10.0. The average Bonchev–Trinajstić information content (AvgIpc) is 3.33. The molecular weight excluding hydrogens is 410 g/mol. The molecule has 7 heteroatoms. The molecule has 1 unspecified atom stereocenters. The minimum atomic E-state index is -0.943. The molecule has 4 rings (SSSR count). The number of aliphatic hydroxyl groups excluding tert-OH is 1.